The molecule has 1 saturated heterocycles. The second-order valence-electron chi connectivity index (χ2n) is 7.97. The van der Waals surface area contributed by atoms with Gasteiger partial charge >= 0.3 is 5.97 Å². The van der Waals surface area contributed by atoms with Gasteiger partial charge in [-0.05, 0) is 55.8 Å². The van der Waals surface area contributed by atoms with Crippen molar-refractivity contribution in [3.63, 3.8) is 0 Å². The van der Waals surface area contributed by atoms with Gasteiger partial charge in [0.25, 0.3) is 0 Å². The monoisotopic (exact) mass is 292 g/mol. The predicted molar refractivity (Wildman–Crippen MR) is 80.6 cm³/mol. The summed E-state index contributed by atoms with van der Waals surface area (Å²) in [5.41, 5.74) is 0.197. The van der Waals surface area contributed by atoms with Gasteiger partial charge in [0, 0.05) is 12.3 Å². The number of fused-ring (bicyclic) bond motifs is 1. The van der Waals surface area contributed by atoms with E-state index in [2.05, 4.69) is 13.8 Å². The maximum Gasteiger partial charge on any atom is 0.309 e. The van der Waals surface area contributed by atoms with Crippen LogP contribution in [-0.2, 0) is 14.3 Å². The molecule has 0 bridgehead atoms. The smallest absolute Gasteiger partial charge is 0.309 e. The standard InChI is InChI=1S/C18H28O3/c1-11(9-13-10-12(2)17(20)21-13)14-6-7-15-16(19)5-4-8-18(14,15)3/h11-15H,4-10H2,1-3H3/t11-,12+,13-,14-,15?,18+/m1/s1. The summed E-state index contributed by atoms with van der Waals surface area (Å²) in [6, 6.07) is 0. The first-order valence-corrected chi connectivity index (χ1v) is 8.65. The number of ether oxygens (including phenoxy) is 1. The summed E-state index contributed by atoms with van der Waals surface area (Å²) < 4.78 is 5.49. The number of esters is 1. The summed E-state index contributed by atoms with van der Waals surface area (Å²) in [5.74, 6) is 1.97. The van der Waals surface area contributed by atoms with Crippen molar-refractivity contribution in [2.45, 2.75) is 71.8 Å². The highest BCUT2D eigenvalue weighted by Gasteiger charge is 2.52. The Hall–Kier alpha value is -0.860. The maximum absolute atomic E-state index is 12.2. The fourth-order valence-electron chi connectivity index (χ4n) is 5.45. The molecule has 118 valence electrons. The number of rotatable bonds is 3. The molecular weight excluding hydrogens is 264 g/mol. The van der Waals surface area contributed by atoms with Crippen LogP contribution in [0.5, 0.6) is 0 Å². The molecule has 0 spiro atoms. The van der Waals surface area contributed by atoms with E-state index in [9.17, 15) is 9.59 Å². The van der Waals surface area contributed by atoms with E-state index in [4.69, 9.17) is 4.74 Å². The first-order valence-electron chi connectivity index (χ1n) is 8.65. The van der Waals surface area contributed by atoms with Crippen molar-refractivity contribution in [3.05, 3.63) is 0 Å². The normalized spacial score (nSPS) is 44.5. The van der Waals surface area contributed by atoms with Crippen molar-refractivity contribution in [1.82, 2.24) is 0 Å². The number of hydrogen-bond donors (Lipinski definition) is 0. The molecule has 0 N–H and O–H groups in total. The molecule has 1 heterocycles. The second-order valence-corrected chi connectivity index (χ2v) is 7.97. The van der Waals surface area contributed by atoms with Crippen molar-refractivity contribution in [3.8, 4) is 0 Å². The third-order valence-corrected chi connectivity index (χ3v) is 6.56. The zero-order valence-corrected chi connectivity index (χ0v) is 13.6. The van der Waals surface area contributed by atoms with Crippen LogP contribution in [0.4, 0.5) is 0 Å². The molecule has 0 amide bonds. The minimum absolute atomic E-state index is 0.0319. The van der Waals surface area contributed by atoms with Gasteiger partial charge in [0.1, 0.15) is 11.9 Å². The number of hydrogen-bond acceptors (Lipinski definition) is 3. The van der Waals surface area contributed by atoms with E-state index in [1.54, 1.807) is 0 Å². The van der Waals surface area contributed by atoms with Gasteiger partial charge in [0.05, 0.1) is 5.92 Å². The van der Waals surface area contributed by atoms with Crippen molar-refractivity contribution >= 4 is 11.8 Å². The summed E-state index contributed by atoms with van der Waals surface area (Å²) in [6.07, 6.45) is 7.23. The molecule has 3 nitrogen and oxygen atoms in total. The molecule has 0 aromatic carbocycles. The van der Waals surface area contributed by atoms with Crippen LogP contribution < -0.4 is 0 Å². The number of Topliss-reactive ketones (excluding diaryl/α,β-unsaturated/α-hetero) is 1. The quantitative estimate of drug-likeness (QED) is 0.744. The third-order valence-electron chi connectivity index (χ3n) is 6.56. The highest BCUT2D eigenvalue weighted by atomic mass is 16.5. The molecule has 0 aromatic rings. The fraction of sp³-hybridized carbons (Fsp3) is 0.889. The minimum Gasteiger partial charge on any atom is -0.462 e. The van der Waals surface area contributed by atoms with Crippen LogP contribution in [0.15, 0.2) is 0 Å². The van der Waals surface area contributed by atoms with E-state index in [0.29, 0.717) is 23.5 Å². The lowest BCUT2D eigenvalue weighted by atomic mass is 9.62. The van der Waals surface area contributed by atoms with Gasteiger partial charge in [-0.25, -0.2) is 0 Å². The van der Waals surface area contributed by atoms with Crippen LogP contribution in [0.25, 0.3) is 0 Å². The van der Waals surface area contributed by atoms with Gasteiger partial charge in [0.2, 0.25) is 0 Å². The molecule has 3 rings (SSSR count). The Morgan fingerprint density at radius 1 is 1.33 bits per heavy atom. The molecule has 3 fully saturated rings. The maximum atomic E-state index is 12.2. The summed E-state index contributed by atoms with van der Waals surface area (Å²) in [6.45, 7) is 6.60. The van der Waals surface area contributed by atoms with E-state index < -0.39 is 0 Å². The van der Waals surface area contributed by atoms with Crippen molar-refractivity contribution in [1.29, 1.82) is 0 Å². The molecule has 2 saturated carbocycles. The molecule has 21 heavy (non-hydrogen) atoms. The Bertz CT molecular complexity index is 444. The first kappa shape index (κ1) is 15.1. The van der Waals surface area contributed by atoms with E-state index in [-0.39, 0.29) is 23.4 Å². The van der Waals surface area contributed by atoms with Crippen LogP contribution in [-0.4, -0.2) is 17.9 Å². The van der Waals surface area contributed by atoms with Crippen LogP contribution in [0.1, 0.15) is 65.7 Å². The largest absolute Gasteiger partial charge is 0.462 e. The van der Waals surface area contributed by atoms with E-state index >= 15 is 0 Å². The van der Waals surface area contributed by atoms with Gasteiger partial charge in [-0.15, -0.1) is 0 Å². The lowest BCUT2D eigenvalue weighted by Crippen LogP contribution is -2.39. The van der Waals surface area contributed by atoms with Crippen LogP contribution in [0.3, 0.4) is 0 Å². The average Bonchev–Trinajstić information content (AvgIpc) is 2.91. The minimum atomic E-state index is -0.0319. The van der Waals surface area contributed by atoms with Crippen molar-refractivity contribution in [2.75, 3.05) is 0 Å². The number of carbonyl (C=O) groups is 2. The van der Waals surface area contributed by atoms with Crippen LogP contribution >= 0.6 is 0 Å². The zero-order valence-electron chi connectivity index (χ0n) is 13.6. The van der Waals surface area contributed by atoms with Gasteiger partial charge in [-0.2, -0.15) is 0 Å². The number of ketones is 1. The summed E-state index contributed by atoms with van der Waals surface area (Å²) >= 11 is 0. The van der Waals surface area contributed by atoms with Crippen molar-refractivity contribution < 1.29 is 14.3 Å². The van der Waals surface area contributed by atoms with Gasteiger partial charge in [0.15, 0.2) is 0 Å². The van der Waals surface area contributed by atoms with Crippen LogP contribution in [0, 0.1) is 29.1 Å². The highest BCUT2D eigenvalue weighted by molar-refractivity contribution is 5.83. The Morgan fingerprint density at radius 2 is 2.10 bits per heavy atom. The number of cyclic esters (lactones) is 1. The van der Waals surface area contributed by atoms with Crippen LogP contribution in [0.2, 0.25) is 0 Å². The first-order chi connectivity index (χ1) is 9.91. The average molecular weight is 292 g/mol. The number of carbonyl (C=O) groups excluding carboxylic acids is 2. The Balaban J connectivity index is 1.66. The highest BCUT2D eigenvalue weighted by Crippen LogP contribution is 2.57. The van der Waals surface area contributed by atoms with Gasteiger partial charge < -0.3 is 4.74 Å². The molecule has 1 aliphatic heterocycles. The topological polar surface area (TPSA) is 43.4 Å². The fourth-order valence-corrected chi connectivity index (χ4v) is 5.45. The predicted octanol–water partition coefficient (Wildman–Crippen LogP) is 3.75. The van der Waals surface area contributed by atoms with Crippen molar-refractivity contribution in [2.24, 2.45) is 29.1 Å². The molecule has 0 aromatic heterocycles. The molecule has 6 atom stereocenters. The lowest BCUT2D eigenvalue weighted by Gasteiger charge is -2.42. The molecular formula is C18H28O3. The summed E-state index contributed by atoms with van der Waals surface area (Å²) in [7, 11) is 0. The Labute approximate surface area is 127 Å². The zero-order chi connectivity index (χ0) is 15.2. The van der Waals surface area contributed by atoms with Gasteiger partial charge in [-0.1, -0.05) is 20.8 Å². The van der Waals surface area contributed by atoms with E-state index in [0.717, 1.165) is 32.1 Å². The third kappa shape index (κ3) is 2.53. The Kier molecular flexibility index (Phi) is 3.87. The summed E-state index contributed by atoms with van der Waals surface area (Å²) in [5, 5.41) is 0. The molecule has 3 heteroatoms. The molecule has 0 radical (unpaired) electrons. The lowest BCUT2D eigenvalue weighted by molar-refractivity contribution is -0.144. The SMILES string of the molecule is C[C@H](C[C@@H]1C[C@H](C)C(=O)O1)[C@H]1CCC2C(=O)CCC[C@]21C. The van der Waals surface area contributed by atoms with E-state index in [1.807, 2.05) is 6.92 Å². The molecule has 3 aliphatic rings. The summed E-state index contributed by atoms with van der Waals surface area (Å²) in [4.78, 5) is 23.8. The second kappa shape index (κ2) is 5.40. The van der Waals surface area contributed by atoms with E-state index in [1.165, 1.54) is 12.8 Å². The Morgan fingerprint density at radius 3 is 2.76 bits per heavy atom. The van der Waals surface area contributed by atoms with Gasteiger partial charge in [-0.3, -0.25) is 9.59 Å². The molecule has 1 unspecified atom stereocenters. The molecule has 2 aliphatic carbocycles.